The fourth-order valence-electron chi connectivity index (χ4n) is 4.16. The largest absolute Gasteiger partial charge is 0.493 e. The van der Waals surface area contributed by atoms with Crippen LogP contribution in [0.3, 0.4) is 0 Å². The van der Waals surface area contributed by atoms with Crippen molar-refractivity contribution in [2.24, 2.45) is 5.41 Å². The van der Waals surface area contributed by atoms with Gasteiger partial charge in [-0.2, -0.15) is 4.98 Å². The number of benzene rings is 1. The highest BCUT2D eigenvalue weighted by atomic mass is 16.5. The number of fused-ring (bicyclic) bond motifs is 1. The Bertz CT molecular complexity index is 1120. The molecule has 10 nitrogen and oxygen atoms in total. The van der Waals surface area contributed by atoms with E-state index >= 15 is 0 Å². The molecule has 34 heavy (non-hydrogen) atoms. The number of carbonyl (C=O) groups is 1. The van der Waals surface area contributed by atoms with E-state index in [1.54, 1.807) is 30.5 Å². The predicted molar refractivity (Wildman–Crippen MR) is 122 cm³/mol. The lowest BCUT2D eigenvalue weighted by Gasteiger charge is -2.37. The van der Waals surface area contributed by atoms with E-state index in [0.717, 1.165) is 18.4 Å². The van der Waals surface area contributed by atoms with Crippen molar-refractivity contribution in [1.29, 1.82) is 0 Å². The lowest BCUT2D eigenvalue weighted by molar-refractivity contribution is -0.120. The summed E-state index contributed by atoms with van der Waals surface area (Å²) in [6.07, 6.45) is 5.24. The van der Waals surface area contributed by atoms with E-state index in [2.05, 4.69) is 22.0 Å². The van der Waals surface area contributed by atoms with E-state index in [1.807, 2.05) is 18.2 Å². The van der Waals surface area contributed by atoms with Gasteiger partial charge in [0, 0.05) is 37.5 Å². The minimum atomic E-state index is -0.265. The fraction of sp³-hybridized carbons (Fsp3) is 0.500. The number of carbonyl (C=O) groups excluding carboxylic acids is 1. The maximum absolute atomic E-state index is 13.5. The molecule has 3 aromatic rings. The number of rotatable bonds is 9. The van der Waals surface area contributed by atoms with Crippen LogP contribution >= 0.6 is 0 Å². The third kappa shape index (κ3) is 4.83. The normalized spacial score (nSPS) is 19.1. The van der Waals surface area contributed by atoms with Crippen LogP contribution in [0.2, 0.25) is 0 Å². The number of aromatic nitrogens is 4. The third-order valence-corrected chi connectivity index (χ3v) is 6.12. The van der Waals surface area contributed by atoms with Crippen molar-refractivity contribution < 1.29 is 23.7 Å². The highest BCUT2D eigenvalue weighted by molar-refractivity contribution is 5.90. The van der Waals surface area contributed by atoms with E-state index in [-0.39, 0.29) is 23.3 Å². The molecule has 180 valence electrons. The molecule has 1 amide bonds. The van der Waals surface area contributed by atoms with Gasteiger partial charge in [0.1, 0.15) is 0 Å². The summed E-state index contributed by atoms with van der Waals surface area (Å²) < 4.78 is 24.2. The number of amides is 1. The molecular formula is C24H29N5O5. The number of nitrogens with zero attached hydrogens (tertiary/aromatic N) is 5. The first-order valence-corrected chi connectivity index (χ1v) is 11.5. The summed E-state index contributed by atoms with van der Waals surface area (Å²) in [5.41, 5.74) is 0.921. The Morgan fingerprint density at radius 3 is 2.91 bits per heavy atom. The summed E-state index contributed by atoms with van der Waals surface area (Å²) in [5.74, 6) is 1.53. The van der Waals surface area contributed by atoms with Crippen molar-refractivity contribution >= 4 is 11.7 Å². The molecule has 10 heteroatoms. The highest BCUT2D eigenvalue weighted by Crippen LogP contribution is 2.33. The van der Waals surface area contributed by atoms with Gasteiger partial charge in [-0.05, 0) is 36.6 Å². The van der Waals surface area contributed by atoms with Gasteiger partial charge in [0.05, 0.1) is 33.0 Å². The molecule has 0 radical (unpaired) electrons. The second-order valence-corrected chi connectivity index (χ2v) is 9.20. The zero-order valence-corrected chi connectivity index (χ0v) is 19.5. The van der Waals surface area contributed by atoms with Crippen LogP contribution in [0.4, 0.5) is 0 Å². The topological polar surface area (TPSA) is 100 Å². The summed E-state index contributed by atoms with van der Waals surface area (Å²) in [4.78, 5) is 23.7. The molecule has 0 spiro atoms. The Morgan fingerprint density at radius 1 is 1.32 bits per heavy atom. The Hall–Kier alpha value is -3.24. The van der Waals surface area contributed by atoms with Gasteiger partial charge >= 0.3 is 0 Å². The van der Waals surface area contributed by atoms with E-state index < -0.39 is 0 Å². The van der Waals surface area contributed by atoms with E-state index in [9.17, 15) is 4.79 Å². The molecule has 0 N–H and O–H groups in total. The minimum Gasteiger partial charge on any atom is -0.493 e. The number of hydrogen-bond donors (Lipinski definition) is 0. The molecule has 2 fully saturated rings. The van der Waals surface area contributed by atoms with Crippen LogP contribution in [0.5, 0.6) is 11.5 Å². The highest BCUT2D eigenvalue weighted by Gasteiger charge is 2.34. The third-order valence-electron chi connectivity index (χ3n) is 6.12. The standard InChI is InChI=1S/C24H29N5O5/c1-24(14-32-15-24)16-34-20-11-17(6-7-19(20)31-2)12-28(13-18-5-3-10-33-18)22(30)21-26-23-25-8-4-9-29(23)27-21/h4,6-9,11,18H,3,5,10,12-16H2,1-2H3/t18-/m1/s1. The minimum absolute atomic E-state index is 0.00561. The van der Waals surface area contributed by atoms with E-state index in [1.165, 1.54) is 4.52 Å². The van der Waals surface area contributed by atoms with Crippen LogP contribution in [-0.4, -0.2) is 76.6 Å². The zero-order chi connectivity index (χ0) is 23.5. The Balaban J connectivity index is 1.37. The molecule has 4 heterocycles. The summed E-state index contributed by atoms with van der Waals surface area (Å²) >= 11 is 0. The molecular weight excluding hydrogens is 438 g/mol. The molecule has 5 rings (SSSR count). The number of methoxy groups -OCH3 is 1. The molecule has 0 saturated carbocycles. The smallest absolute Gasteiger partial charge is 0.293 e. The zero-order valence-electron chi connectivity index (χ0n) is 19.5. The Kier molecular flexibility index (Phi) is 6.34. The Labute approximate surface area is 197 Å². The van der Waals surface area contributed by atoms with Gasteiger partial charge in [0.2, 0.25) is 5.82 Å². The second-order valence-electron chi connectivity index (χ2n) is 9.20. The van der Waals surface area contributed by atoms with Gasteiger partial charge < -0.3 is 23.8 Å². The van der Waals surface area contributed by atoms with Crippen LogP contribution in [0.15, 0.2) is 36.7 Å². The van der Waals surface area contributed by atoms with Crippen LogP contribution in [-0.2, 0) is 16.0 Å². The van der Waals surface area contributed by atoms with Gasteiger partial charge in [-0.15, -0.1) is 5.10 Å². The molecule has 2 aliphatic heterocycles. The average molecular weight is 468 g/mol. The van der Waals surface area contributed by atoms with E-state index in [4.69, 9.17) is 18.9 Å². The maximum atomic E-state index is 13.5. The van der Waals surface area contributed by atoms with Crippen molar-refractivity contribution in [3.8, 4) is 11.5 Å². The van der Waals surface area contributed by atoms with Gasteiger partial charge in [-0.1, -0.05) is 13.0 Å². The summed E-state index contributed by atoms with van der Waals surface area (Å²) in [6, 6.07) is 7.48. The van der Waals surface area contributed by atoms with Crippen molar-refractivity contribution in [1.82, 2.24) is 24.5 Å². The molecule has 2 aliphatic rings. The van der Waals surface area contributed by atoms with Crippen molar-refractivity contribution in [2.45, 2.75) is 32.4 Å². The predicted octanol–water partition coefficient (Wildman–Crippen LogP) is 2.37. The van der Waals surface area contributed by atoms with Gasteiger partial charge in [0.25, 0.3) is 11.7 Å². The lowest BCUT2D eigenvalue weighted by atomic mass is 9.90. The first-order chi connectivity index (χ1) is 16.5. The molecule has 2 aromatic heterocycles. The first kappa shape index (κ1) is 22.5. The monoisotopic (exact) mass is 467 g/mol. The quantitative estimate of drug-likeness (QED) is 0.473. The van der Waals surface area contributed by atoms with Gasteiger partial charge in [0.15, 0.2) is 11.5 Å². The molecule has 1 atom stereocenters. The average Bonchev–Trinajstić information content (AvgIpc) is 3.50. The van der Waals surface area contributed by atoms with Crippen molar-refractivity contribution in [3.63, 3.8) is 0 Å². The fourth-order valence-corrected chi connectivity index (χ4v) is 4.16. The van der Waals surface area contributed by atoms with Crippen LogP contribution in [0, 0.1) is 5.41 Å². The molecule has 1 aromatic carbocycles. The molecule has 0 unspecified atom stereocenters. The van der Waals surface area contributed by atoms with Gasteiger partial charge in [-0.25, -0.2) is 9.50 Å². The van der Waals surface area contributed by atoms with Crippen LogP contribution < -0.4 is 9.47 Å². The molecule has 2 saturated heterocycles. The number of ether oxygens (including phenoxy) is 4. The summed E-state index contributed by atoms with van der Waals surface area (Å²) in [6.45, 7) is 5.56. The van der Waals surface area contributed by atoms with Gasteiger partial charge in [-0.3, -0.25) is 4.79 Å². The molecule has 0 aliphatic carbocycles. The second kappa shape index (κ2) is 9.55. The van der Waals surface area contributed by atoms with Crippen LogP contribution in [0.1, 0.15) is 35.9 Å². The van der Waals surface area contributed by atoms with Crippen molar-refractivity contribution in [2.75, 3.05) is 40.1 Å². The van der Waals surface area contributed by atoms with Crippen LogP contribution in [0.25, 0.3) is 5.78 Å². The molecule has 0 bridgehead atoms. The first-order valence-electron chi connectivity index (χ1n) is 11.5. The SMILES string of the molecule is COc1ccc(CN(C[C@H]2CCCO2)C(=O)c2nc3ncccn3n2)cc1OCC1(C)COC1. The van der Waals surface area contributed by atoms with E-state index in [0.29, 0.717) is 56.8 Å². The number of hydrogen-bond acceptors (Lipinski definition) is 8. The Morgan fingerprint density at radius 2 is 2.21 bits per heavy atom. The lowest BCUT2D eigenvalue weighted by Crippen LogP contribution is -2.44. The summed E-state index contributed by atoms with van der Waals surface area (Å²) in [5, 5.41) is 4.32. The van der Waals surface area contributed by atoms with Crippen molar-refractivity contribution in [3.05, 3.63) is 48.0 Å². The summed E-state index contributed by atoms with van der Waals surface area (Å²) in [7, 11) is 1.62. The maximum Gasteiger partial charge on any atom is 0.293 e.